The van der Waals surface area contributed by atoms with Crippen LogP contribution in [-0.2, 0) is 21.6 Å². The molecule has 1 heterocycles. The summed E-state index contributed by atoms with van der Waals surface area (Å²) in [4.78, 5) is 18.9. The van der Waals surface area contributed by atoms with Crippen LogP contribution >= 0.6 is 0 Å². The van der Waals surface area contributed by atoms with Crippen LogP contribution in [0.15, 0.2) is 6.07 Å². The van der Waals surface area contributed by atoms with Gasteiger partial charge in [-0.25, -0.2) is 4.98 Å². The molecule has 0 aliphatic heterocycles. The minimum atomic E-state index is -2.25. The van der Waals surface area contributed by atoms with Crippen molar-refractivity contribution in [1.82, 2.24) is 9.97 Å². The summed E-state index contributed by atoms with van der Waals surface area (Å²) in [7, 11) is 0. The largest absolute Gasteiger partial charge is 0.772 e. The highest BCUT2D eigenvalue weighted by Gasteiger charge is 2.26. The smallest absolute Gasteiger partial charge is 0.309 e. The second-order valence-corrected chi connectivity index (χ2v) is 4.76. The number of hydrogen-bond donors (Lipinski definition) is 0. The van der Waals surface area contributed by atoms with Crippen LogP contribution in [0.4, 0.5) is 0 Å². The van der Waals surface area contributed by atoms with Crippen molar-refractivity contribution in [2.45, 2.75) is 31.4 Å². The number of ether oxygens (including phenoxy) is 1. The Morgan fingerprint density at radius 1 is 1.59 bits per heavy atom. The molecular formula is C10H11N2O4S-. The Labute approximate surface area is 101 Å². The van der Waals surface area contributed by atoms with Gasteiger partial charge in [0.1, 0.15) is 5.82 Å². The summed E-state index contributed by atoms with van der Waals surface area (Å²) in [6.45, 7) is 1.27. The third-order valence-corrected chi connectivity index (χ3v) is 2.75. The molecule has 1 atom stereocenters. The number of carbonyl (C=O) groups excluding carboxylic acids is 1. The van der Waals surface area contributed by atoms with Gasteiger partial charge in [-0.1, -0.05) is 0 Å². The topological polar surface area (TPSA) is 92.2 Å². The maximum Gasteiger partial charge on any atom is 0.309 e. The lowest BCUT2D eigenvalue weighted by Gasteiger charge is -2.08. The van der Waals surface area contributed by atoms with E-state index in [2.05, 4.69) is 9.97 Å². The van der Waals surface area contributed by atoms with E-state index in [4.69, 9.17) is 4.74 Å². The predicted octanol–water partition coefficient (Wildman–Crippen LogP) is 0.658. The van der Waals surface area contributed by atoms with E-state index in [0.29, 0.717) is 5.92 Å². The fourth-order valence-corrected chi connectivity index (χ4v) is 1.79. The zero-order valence-corrected chi connectivity index (χ0v) is 10.0. The van der Waals surface area contributed by atoms with Crippen molar-refractivity contribution in [3.05, 3.63) is 17.6 Å². The molecule has 7 heteroatoms. The lowest BCUT2D eigenvalue weighted by molar-refractivity contribution is -0.132. The summed E-state index contributed by atoms with van der Waals surface area (Å²) >= 11 is -2.25. The van der Waals surface area contributed by atoms with Gasteiger partial charge in [0.2, 0.25) is 5.88 Å². The summed E-state index contributed by atoms with van der Waals surface area (Å²) in [5.74, 6) is -0.130. The molecule has 92 valence electrons. The van der Waals surface area contributed by atoms with Crippen molar-refractivity contribution in [3.63, 3.8) is 0 Å². The molecule has 0 saturated heterocycles. The molecule has 17 heavy (non-hydrogen) atoms. The maximum atomic E-state index is 10.8. The summed E-state index contributed by atoms with van der Waals surface area (Å²) in [5.41, 5.74) is 0.747. The second kappa shape index (κ2) is 4.89. The Morgan fingerprint density at radius 2 is 2.29 bits per heavy atom. The van der Waals surface area contributed by atoms with Gasteiger partial charge in [-0.3, -0.25) is 9.00 Å². The van der Waals surface area contributed by atoms with Gasteiger partial charge in [0.05, 0.1) is 11.4 Å². The van der Waals surface area contributed by atoms with Crippen molar-refractivity contribution in [1.29, 1.82) is 0 Å². The van der Waals surface area contributed by atoms with E-state index in [1.807, 2.05) is 0 Å². The van der Waals surface area contributed by atoms with Gasteiger partial charge in [0.15, 0.2) is 0 Å². The van der Waals surface area contributed by atoms with E-state index >= 15 is 0 Å². The third-order valence-electron chi connectivity index (χ3n) is 2.26. The van der Waals surface area contributed by atoms with Crippen LogP contribution in [0.5, 0.6) is 5.88 Å². The lowest BCUT2D eigenvalue weighted by atomic mass is 10.3. The number of carbonyl (C=O) groups is 1. The maximum absolute atomic E-state index is 10.8. The van der Waals surface area contributed by atoms with Gasteiger partial charge in [-0.2, -0.15) is 4.98 Å². The molecule has 2 rings (SSSR count). The van der Waals surface area contributed by atoms with Crippen LogP contribution in [-0.4, -0.2) is 24.7 Å². The van der Waals surface area contributed by atoms with Crippen molar-refractivity contribution in [2.75, 3.05) is 0 Å². The molecule has 0 spiro atoms. The summed E-state index contributed by atoms with van der Waals surface area (Å²) in [6, 6.07) is 1.59. The number of aromatic nitrogens is 2. The molecule has 0 aromatic carbocycles. The van der Waals surface area contributed by atoms with Crippen LogP contribution in [0.3, 0.4) is 0 Å². The molecule has 1 saturated carbocycles. The lowest BCUT2D eigenvalue weighted by Crippen LogP contribution is -2.08. The number of rotatable bonds is 4. The molecule has 0 amide bonds. The minimum absolute atomic E-state index is 0.120. The van der Waals surface area contributed by atoms with Crippen LogP contribution in [0, 0.1) is 0 Å². The zero-order chi connectivity index (χ0) is 12.4. The molecule has 0 radical (unpaired) electrons. The summed E-state index contributed by atoms with van der Waals surface area (Å²) in [6.07, 6.45) is 2.05. The highest BCUT2D eigenvalue weighted by Crippen LogP contribution is 2.39. The number of nitrogens with zero attached hydrogens (tertiary/aromatic N) is 2. The van der Waals surface area contributed by atoms with E-state index < -0.39 is 17.0 Å². The third kappa shape index (κ3) is 3.57. The quantitative estimate of drug-likeness (QED) is 0.579. The van der Waals surface area contributed by atoms with Crippen LogP contribution < -0.4 is 4.74 Å². The fourth-order valence-electron chi connectivity index (χ4n) is 1.45. The Bertz CT molecular complexity index is 439. The first-order valence-corrected chi connectivity index (χ1v) is 6.41. The molecule has 1 aliphatic carbocycles. The standard InChI is InChI=1S/C10H12N2O4S/c1-6(13)16-10-4-8(7-2-3-7)11-9(12-10)5-17(14)15/h4,7H,2-3,5H2,1H3,(H,14,15)/p-1. The molecular weight excluding hydrogens is 244 g/mol. The molecule has 0 N–H and O–H groups in total. The van der Waals surface area contributed by atoms with Crippen molar-refractivity contribution in [2.24, 2.45) is 0 Å². The van der Waals surface area contributed by atoms with Crippen LogP contribution in [0.2, 0.25) is 0 Å². The number of hydrogen-bond acceptors (Lipinski definition) is 6. The van der Waals surface area contributed by atoms with E-state index in [9.17, 15) is 13.6 Å². The van der Waals surface area contributed by atoms with Crippen LogP contribution in [0.1, 0.15) is 37.2 Å². The van der Waals surface area contributed by atoms with Gasteiger partial charge in [0, 0.05) is 18.9 Å². The van der Waals surface area contributed by atoms with Crippen molar-refractivity contribution >= 4 is 17.0 Å². The molecule has 0 bridgehead atoms. The Kier molecular flexibility index (Phi) is 3.49. The van der Waals surface area contributed by atoms with E-state index in [-0.39, 0.29) is 17.5 Å². The van der Waals surface area contributed by atoms with E-state index in [1.165, 1.54) is 6.92 Å². The zero-order valence-electron chi connectivity index (χ0n) is 9.21. The van der Waals surface area contributed by atoms with Gasteiger partial charge in [0.25, 0.3) is 0 Å². The first-order chi connectivity index (χ1) is 8.04. The Hall–Kier alpha value is -1.34. The van der Waals surface area contributed by atoms with Crippen LogP contribution in [0.25, 0.3) is 0 Å². The van der Waals surface area contributed by atoms with Gasteiger partial charge in [-0.15, -0.1) is 0 Å². The molecule has 1 aromatic rings. The number of esters is 1. The highest BCUT2D eigenvalue weighted by molar-refractivity contribution is 7.78. The van der Waals surface area contributed by atoms with E-state index in [0.717, 1.165) is 18.5 Å². The monoisotopic (exact) mass is 255 g/mol. The highest BCUT2D eigenvalue weighted by atomic mass is 32.2. The summed E-state index contributed by atoms with van der Waals surface area (Å²) < 4.78 is 26.1. The van der Waals surface area contributed by atoms with E-state index in [1.54, 1.807) is 6.07 Å². The van der Waals surface area contributed by atoms with Crippen molar-refractivity contribution in [3.8, 4) is 5.88 Å². The van der Waals surface area contributed by atoms with Gasteiger partial charge >= 0.3 is 5.97 Å². The minimum Gasteiger partial charge on any atom is -0.772 e. The Balaban J connectivity index is 2.27. The normalized spacial score (nSPS) is 16.6. The summed E-state index contributed by atoms with van der Waals surface area (Å²) in [5, 5.41) is 0. The molecule has 6 nitrogen and oxygen atoms in total. The molecule has 1 aliphatic rings. The second-order valence-electron chi connectivity index (χ2n) is 3.86. The molecule has 1 unspecified atom stereocenters. The first kappa shape index (κ1) is 12.1. The Morgan fingerprint density at radius 3 is 2.82 bits per heavy atom. The SMILES string of the molecule is CC(=O)Oc1cc(C2CC2)nc(CS(=O)[O-])n1. The average molecular weight is 255 g/mol. The van der Waals surface area contributed by atoms with Gasteiger partial charge in [-0.05, 0) is 23.9 Å². The fraction of sp³-hybridized carbons (Fsp3) is 0.500. The van der Waals surface area contributed by atoms with Gasteiger partial charge < -0.3 is 9.29 Å². The molecule has 1 aromatic heterocycles. The first-order valence-electron chi connectivity index (χ1n) is 5.16. The van der Waals surface area contributed by atoms with Crippen molar-refractivity contribution < 1.29 is 18.3 Å². The molecule has 1 fully saturated rings. The average Bonchev–Trinajstić information content (AvgIpc) is 2.97. The predicted molar refractivity (Wildman–Crippen MR) is 57.9 cm³/mol.